The number of aromatic nitrogens is 2. The summed E-state index contributed by atoms with van der Waals surface area (Å²) in [7, 11) is 0. The zero-order valence-corrected chi connectivity index (χ0v) is 9.30. The molecule has 17 heavy (non-hydrogen) atoms. The highest BCUT2D eigenvalue weighted by Gasteiger charge is 2.14. The number of nitriles is 2. The summed E-state index contributed by atoms with van der Waals surface area (Å²) in [6.45, 7) is 5.59. The third-order valence-electron chi connectivity index (χ3n) is 1.97. The Morgan fingerprint density at radius 2 is 2.29 bits per heavy atom. The smallest absolute Gasteiger partial charge is 0.335 e. The molecule has 1 aromatic rings. The van der Waals surface area contributed by atoms with Gasteiger partial charge in [-0.25, -0.2) is 9.78 Å². The third kappa shape index (κ3) is 2.70. The van der Waals surface area contributed by atoms with Crippen LogP contribution in [-0.4, -0.2) is 22.1 Å². The highest BCUT2D eigenvalue weighted by atomic mass is 16.5. The third-order valence-corrected chi connectivity index (χ3v) is 1.97. The Bertz CT molecular complexity index is 531. The maximum absolute atomic E-state index is 11.3. The first-order valence-corrected chi connectivity index (χ1v) is 4.84. The molecule has 0 saturated carbocycles. The van der Waals surface area contributed by atoms with Crippen molar-refractivity contribution < 1.29 is 9.53 Å². The lowest BCUT2D eigenvalue weighted by Crippen LogP contribution is -2.12. The van der Waals surface area contributed by atoms with E-state index in [9.17, 15) is 4.79 Å². The largest absolute Gasteiger partial charge is 0.463 e. The van der Waals surface area contributed by atoms with Gasteiger partial charge >= 0.3 is 5.97 Å². The highest BCUT2D eigenvalue weighted by molar-refractivity contribution is 5.87. The molecule has 0 spiro atoms. The van der Waals surface area contributed by atoms with Crippen molar-refractivity contribution in [2.75, 3.05) is 6.61 Å². The van der Waals surface area contributed by atoms with Crippen LogP contribution in [0.5, 0.6) is 0 Å². The van der Waals surface area contributed by atoms with Crippen molar-refractivity contribution in [3.63, 3.8) is 0 Å². The molecule has 0 fully saturated rings. The SMILES string of the molecule is C=C(Cn1cnc(C#N)c1C#N)C(=O)OCC. The molecular formula is C11H10N4O2. The van der Waals surface area contributed by atoms with Gasteiger partial charge in [0.15, 0.2) is 11.4 Å². The first-order chi connectivity index (χ1) is 8.13. The molecule has 1 rings (SSSR count). The van der Waals surface area contributed by atoms with E-state index in [0.717, 1.165) is 0 Å². The number of hydrogen-bond acceptors (Lipinski definition) is 5. The maximum atomic E-state index is 11.3. The summed E-state index contributed by atoms with van der Waals surface area (Å²) >= 11 is 0. The number of carbonyl (C=O) groups excluding carboxylic acids is 1. The molecule has 0 aliphatic carbocycles. The summed E-state index contributed by atoms with van der Waals surface area (Å²) in [6, 6.07) is 3.65. The standard InChI is InChI=1S/C11H10N4O2/c1-3-17-11(16)8(2)6-15-7-14-9(4-12)10(15)5-13/h7H,2-3,6H2,1H3. The van der Waals surface area contributed by atoms with Gasteiger partial charge in [-0.3, -0.25) is 0 Å². The number of hydrogen-bond donors (Lipinski definition) is 0. The lowest BCUT2D eigenvalue weighted by Gasteiger charge is -2.06. The number of imidazole rings is 1. The number of ether oxygens (including phenoxy) is 1. The average Bonchev–Trinajstić information content (AvgIpc) is 2.71. The molecule has 0 aliphatic heterocycles. The summed E-state index contributed by atoms with van der Waals surface area (Å²) in [5, 5.41) is 17.6. The second-order valence-corrected chi connectivity index (χ2v) is 3.12. The Kier molecular flexibility index (Phi) is 4.02. The van der Waals surface area contributed by atoms with Crippen LogP contribution in [0.2, 0.25) is 0 Å². The summed E-state index contributed by atoms with van der Waals surface area (Å²) in [6.07, 6.45) is 1.32. The fourth-order valence-corrected chi connectivity index (χ4v) is 1.20. The fraction of sp³-hybridized carbons (Fsp3) is 0.273. The van der Waals surface area contributed by atoms with Crippen molar-refractivity contribution in [1.29, 1.82) is 10.5 Å². The van der Waals surface area contributed by atoms with Gasteiger partial charge in [-0.2, -0.15) is 10.5 Å². The molecule has 0 unspecified atom stereocenters. The number of carbonyl (C=O) groups is 1. The second kappa shape index (κ2) is 5.47. The molecule has 1 aromatic heterocycles. The van der Waals surface area contributed by atoms with Crippen molar-refractivity contribution in [3.8, 4) is 12.1 Å². The van der Waals surface area contributed by atoms with Gasteiger partial charge < -0.3 is 9.30 Å². The minimum absolute atomic E-state index is 0.0316. The van der Waals surface area contributed by atoms with E-state index in [2.05, 4.69) is 11.6 Å². The normalized spacial score (nSPS) is 9.12. The quantitative estimate of drug-likeness (QED) is 0.562. The number of nitrogens with zero attached hydrogens (tertiary/aromatic N) is 4. The predicted octanol–water partition coefficient (Wildman–Crippen LogP) is 0.746. The molecule has 0 saturated heterocycles. The van der Waals surface area contributed by atoms with E-state index in [-0.39, 0.29) is 30.1 Å². The van der Waals surface area contributed by atoms with Gasteiger partial charge in [0, 0.05) is 5.57 Å². The molecule has 0 bridgehead atoms. The van der Waals surface area contributed by atoms with Crippen LogP contribution in [0.4, 0.5) is 0 Å². The van der Waals surface area contributed by atoms with E-state index in [1.165, 1.54) is 10.9 Å². The molecule has 0 N–H and O–H groups in total. The highest BCUT2D eigenvalue weighted by Crippen LogP contribution is 2.08. The molecule has 6 nitrogen and oxygen atoms in total. The molecule has 1 heterocycles. The van der Waals surface area contributed by atoms with Crippen molar-refractivity contribution in [2.45, 2.75) is 13.5 Å². The van der Waals surface area contributed by atoms with Crippen LogP contribution >= 0.6 is 0 Å². The van der Waals surface area contributed by atoms with Gasteiger partial charge in [0.2, 0.25) is 0 Å². The van der Waals surface area contributed by atoms with Crippen LogP contribution in [0.3, 0.4) is 0 Å². The molecule has 0 radical (unpaired) electrons. The topological polar surface area (TPSA) is 91.7 Å². The first kappa shape index (κ1) is 12.5. The molecule has 0 atom stereocenters. The van der Waals surface area contributed by atoms with E-state index in [1.807, 2.05) is 6.07 Å². The fourth-order valence-electron chi connectivity index (χ4n) is 1.20. The summed E-state index contributed by atoms with van der Waals surface area (Å²) in [4.78, 5) is 15.1. The number of esters is 1. The monoisotopic (exact) mass is 230 g/mol. The molecule has 0 amide bonds. The van der Waals surface area contributed by atoms with Gasteiger partial charge in [0.1, 0.15) is 12.1 Å². The van der Waals surface area contributed by atoms with Crippen LogP contribution in [0.1, 0.15) is 18.3 Å². The van der Waals surface area contributed by atoms with Gasteiger partial charge in [-0.1, -0.05) is 6.58 Å². The lowest BCUT2D eigenvalue weighted by molar-refractivity contribution is -0.138. The van der Waals surface area contributed by atoms with Gasteiger partial charge in [-0.05, 0) is 6.92 Å². The molecule has 0 aliphatic rings. The second-order valence-electron chi connectivity index (χ2n) is 3.12. The van der Waals surface area contributed by atoms with E-state index in [1.54, 1.807) is 13.0 Å². The van der Waals surface area contributed by atoms with Crippen LogP contribution in [0, 0.1) is 22.7 Å². The van der Waals surface area contributed by atoms with Crippen molar-refractivity contribution >= 4 is 5.97 Å². The molecule has 0 aromatic carbocycles. The zero-order chi connectivity index (χ0) is 12.8. The maximum Gasteiger partial charge on any atom is 0.335 e. The van der Waals surface area contributed by atoms with E-state index in [4.69, 9.17) is 15.3 Å². The molecule has 86 valence electrons. The zero-order valence-electron chi connectivity index (χ0n) is 9.30. The summed E-state index contributed by atoms with van der Waals surface area (Å²) in [5.41, 5.74) is 0.340. The Hall–Kier alpha value is -2.60. The molecule has 6 heteroatoms. The Morgan fingerprint density at radius 1 is 1.59 bits per heavy atom. The van der Waals surface area contributed by atoms with Gasteiger partial charge in [0.25, 0.3) is 0 Å². The predicted molar refractivity (Wildman–Crippen MR) is 57.4 cm³/mol. The average molecular weight is 230 g/mol. The van der Waals surface area contributed by atoms with Crippen LogP contribution in [0.15, 0.2) is 18.5 Å². The van der Waals surface area contributed by atoms with Gasteiger partial charge in [0.05, 0.1) is 19.5 Å². The van der Waals surface area contributed by atoms with Crippen LogP contribution in [0.25, 0.3) is 0 Å². The van der Waals surface area contributed by atoms with Crippen molar-refractivity contribution in [1.82, 2.24) is 9.55 Å². The van der Waals surface area contributed by atoms with E-state index >= 15 is 0 Å². The number of rotatable bonds is 4. The minimum Gasteiger partial charge on any atom is -0.463 e. The van der Waals surface area contributed by atoms with E-state index in [0.29, 0.717) is 0 Å². The summed E-state index contributed by atoms with van der Waals surface area (Å²) in [5.74, 6) is -0.524. The van der Waals surface area contributed by atoms with Crippen LogP contribution < -0.4 is 0 Å². The lowest BCUT2D eigenvalue weighted by atomic mass is 10.3. The summed E-state index contributed by atoms with van der Waals surface area (Å²) < 4.78 is 6.15. The van der Waals surface area contributed by atoms with E-state index < -0.39 is 5.97 Å². The van der Waals surface area contributed by atoms with Crippen molar-refractivity contribution in [3.05, 3.63) is 29.9 Å². The van der Waals surface area contributed by atoms with Crippen LogP contribution in [-0.2, 0) is 16.1 Å². The molecular weight excluding hydrogens is 220 g/mol. The Labute approximate surface area is 98.4 Å². The Morgan fingerprint density at radius 3 is 2.82 bits per heavy atom. The minimum atomic E-state index is -0.524. The first-order valence-electron chi connectivity index (χ1n) is 4.84. The van der Waals surface area contributed by atoms with Crippen molar-refractivity contribution in [2.24, 2.45) is 0 Å². The van der Waals surface area contributed by atoms with Gasteiger partial charge in [-0.15, -0.1) is 0 Å². The Balaban J connectivity index is 2.87.